The molecule has 1 saturated heterocycles. The van der Waals surface area contributed by atoms with Gasteiger partial charge in [-0.3, -0.25) is 4.99 Å². The molecule has 0 saturated carbocycles. The number of halogens is 1. The standard InChI is InChI=1S/C20H29N5O3S.HI/c1-15-16(2)28-19(24-15)14-23-20(21-3)22-13-17-9-5-6-10-18(17)29(26,27)25-11-7-4-8-12-25;/h5-6,9-10H,4,7-8,11-14H2,1-3H3,(H2,21,22,23);1H. The lowest BCUT2D eigenvalue weighted by molar-refractivity contribution is 0.346. The summed E-state index contributed by atoms with van der Waals surface area (Å²) >= 11 is 0. The largest absolute Gasteiger partial charge is 0.444 e. The molecule has 0 radical (unpaired) electrons. The van der Waals surface area contributed by atoms with Gasteiger partial charge in [0, 0.05) is 26.7 Å². The normalized spacial score (nSPS) is 15.5. The molecule has 0 aliphatic carbocycles. The molecule has 0 spiro atoms. The van der Waals surface area contributed by atoms with E-state index in [1.165, 1.54) is 0 Å². The summed E-state index contributed by atoms with van der Waals surface area (Å²) in [5, 5.41) is 6.32. The van der Waals surface area contributed by atoms with Gasteiger partial charge in [-0.1, -0.05) is 24.6 Å². The average molecular weight is 547 g/mol. The molecule has 0 unspecified atom stereocenters. The van der Waals surface area contributed by atoms with Gasteiger partial charge in [0.05, 0.1) is 17.1 Å². The van der Waals surface area contributed by atoms with Crippen molar-refractivity contribution < 1.29 is 12.8 Å². The Morgan fingerprint density at radius 3 is 2.43 bits per heavy atom. The number of benzene rings is 1. The second kappa shape index (κ2) is 11.1. The molecule has 1 aliphatic heterocycles. The molecule has 1 aromatic carbocycles. The molecular formula is C20H30IN5O3S. The first-order valence-electron chi connectivity index (χ1n) is 9.87. The van der Waals surface area contributed by atoms with Gasteiger partial charge in [-0.15, -0.1) is 24.0 Å². The number of aryl methyl sites for hydroxylation is 2. The molecule has 1 aliphatic rings. The lowest BCUT2D eigenvalue weighted by atomic mass is 10.2. The highest BCUT2D eigenvalue weighted by molar-refractivity contribution is 14.0. The third kappa shape index (κ3) is 5.94. The number of aliphatic imine (C=N–C) groups is 1. The Morgan fingerprint density at radius 2 is 1.80 bits per heavy atom. The number of sulfonamides is 1. The van der Waals surface area contributed by atoms with Crippen LogP contribution in [-0.2, 0) is 23.1 Å². The van der Waals surface area contributed by atoms with Gasteiger partial charge in [-0.2, -0.15) is 4.31 Å². The summed E-state index contributed by atoms with van der Waals surface area (Å²) in [7, 11) is -1.83. The fourth-order valence-electron chi connectivity index (χ4n) is 3.32. The van der Waals surface area contributed by atoms with Crippen molar-refractivity contribution in [2.45, 2.75) is 51.1 Å². The second-order valence-corrected chi connectivity index (χ2v) is 9.01. The van der Waals surface area contributed by atoms with Crippen LogP contribution in [0.5, 0.6) is 0 Å². The van der Waals surface area contributed by atoms with Crippen molar-refractivity contribution in [1.29, 1.82) is 0 Å². The minimum Gasteiger partial charge on any atom is -0.444 e. The number of nitrogens with zero attached hydrogens (tertiary/aromatic N) is 3. The Labute approximate surface area is 195 Å². The molecule has 3 rings (SSSR count). The number of guanidine groups is 1. The summed E-state index contributed by atoms with van der Waals surface area (Å²) in [5.74, 6) is 1.92. The van der Waals surface area contributed by atoms with E-state index in [2.05, 4.69) is 20.6 Å². The van der Waals surface area contributed by atoms with Crippen molar-refractivity contribution in [2.24, 2.45) is 4.99 Å². The quantitative estimate of drug-likeness (QED) is 0.328. The van der Waals surface area contributed by atoms with Crippen LogP contribution in [0, 0.1) is 13.8 Å². The minimum absolute atomic E-state index is 0. The molecule has 0 bridgehead atoms. The number of hydrogen-bond donors (Lipinski definition) is 2. The van der Waals surface area contributed by atoms with Crippen molar-refractivity contribution in [2.75, 3.05) is 20.1 Å². The molecule has 166 valence electrons. The highest BCUT2D eigenvalue weighted by Gasteiger charge is 2.27. The summed E-state index contributed by atoms with van der Waals surface area (Å²) in [6.45, 7) is 5.67. The van der Waals surface area contributed by atoms with Gasteiger partial charge in [0.2, 0.25) is 15.9 Å². The van der Waals surface area contributed by atoms with Crippen molar-refractivity contribution in [3.8, 4) is 0 Å². The van der Waals surface area contributed by atoms with Crippen LogP contribution in [0.4, 0.5) is 0 Å². The number of hydrogen-bond acceptors (Lipinski definition) is 5. The summed E-state index contributed by atoms with van der Waals surface area (Å²) in [5.41, 5.74) is 1.57. The maximum absolute atomic E-state index is 13.1. The molecule has 2 heterocycles. The zero-order chi connectivity index (χ0) is 20.9. The van der Waals surface area contributed by atoms with Crippen molar-refractivity contribution in [3.63, 3.8) is 0 Å². The van der Waals surface area contributed by atoms with Crippen molar-refractivity contribution in [1.82, 2.24) is 19.9 Å². The smallest absolute Gasteiger partial charge is 0.243 e. The Bertz CT molecular complexity index is 949. The molecule has 10 heteroatoms. The molecule has 8 nitrogen and oxygen atoms in total. The van der Waals surface area contributed by atoms with Crippen LogP contribution in [0.1, 0.15) is 42.2 Å². The maximum atomic E-state index is 13.1. The van der Waals surface area contributed by atoms with Crippen LogP contribution in [0.3, 0.4) is 0 Å². The fourth-order valence-corrected chi connectivity index (χ4v) is 5.06. The molecule has 1 fully saturated rings. The lowest BCUT2D eigenvalue weighted by Crippen LogP contribution is -2.38. The molecule has 30 heavy (non-hydrogen) atoms. The number of rotatable bonds is 6. The summed E-state index contributed by atoms with van der Waals surface area (Å²) in [4.78, 5) is 8.88. The zero-order valence-corrected chi connectivity index (χ0v) is 20.8. The molecule has 1 aromatic heterocycles. The molecule has 2 N–H and O–H groups in total. The Kier molecular flexibility index (Phi) is 9.10. The Balaban J connectivity index is 0.00000320. The SMILES string of the molecule is CN=C(NCc1nc(C)c(C)o1)NCc1ccccc1S(=O)(=O)N1CCCCC1.I. The van der Waals surface area contributed by atoms with E-state index in [4.69, 9.17) is 4.42 Å². The van der Waals surface area contributed by atoms with Gasteiger partial charge in [0.1, 0.15) is 5.76 Å². The maximum Gasteiger partial charge on any atom is 0.243 e. The van der Waals surface area contributed by atoms with Gasteiger partial charge in [0.25, 0.3) is 0 Å². The highest BCUT2D eigenvalue weighted by Crippen LogP contribution is 2.23. The van der Waals surface area contributed by atoms with E-state index < -0.39 is 10.0 Å². The fraction of sp³-hybridized carbons (Fsp3) is 0.500. The van der Waals surface area contributed by atoms with E-state index in [-0.39, 0.29) is 24.0 Å². The summed E-state index contributed by atoms with van der Waals surface area (Å²) in [6, 6.07) is 7.12. The lowest BCUT2D eigenvalue weighted by Gasteiger charge is -2.27. The third-order valence-electron chi connectivity index (χ3n) is 5.06. The molecule has 0 atom stereocenters. The Hall–Kier alpha value is -1.66. The van der Waals surface area contributed by atoms with Crippen LogP contribution >= 0.6 is 24.0 Å². The van der Waals surface area contributed by atoms with E-state index in [0.29, 0.717) is 48.5 Å². The first-order chi connectivity index (χ1) is 13.9. The average Bonchev–Trinajstić information content (AvgIpc) is 3.06. The minimum atomic E-state index is -3.50. The number of piperidine rings is 1. The van der Waals surface area contributed by atoms with E-state index in [1.807, 2.05) is 26.0 Å². The number of nitrogens with one attached hydrogen (secondary N) is 2. The first kappa shape index (κ1) is 24.6. The molecule has 0 amide bonds. The van der Waals surface area contributed by atoms with Gasteiger partial charge in [-0.05, 0) is 38.3 Å². The third-order valence-corrected chi connectivity index (χ3v) is 7.05. The zero-order valence-electron chi connectivity index (χ0n) is 17.6. The monoisotopic (exact) mass is 547 g/mol. The second-order valence-electron chi connectivity index (χ2n) is 7.10. The van der Waals surface area contributed by atoms with Gasteiger partial charge >= 0.3 is 0 Å². The van der Waals surface area contributed by atoms with Crippen LogP contribution in [0.25, 0.3) is 0 Å². The van der Waals surface area contributed by atoms with Crippen LogP contribution in [0.2, 0.25) is 0 Å². The Morgan fingerprint density at radius 1 is 1.13 bits per heavy atom. The van der Waals surface area contributed by atoms with Gasteiger partial charge < -0.3 is 15.1 Å². The first-order valence-corrected chi connectivity index (χ1v) is 11.3. The molecule has 2 aromatic rings. The van der Waals surface area contributed by atoms with Crippen LogP contribution < -0.4 is 10.6 Å². The van der Waals surface area contributed by atoms with Crippen molar-refractivity contribution >= 4 is 40.0 Å². The van der Waals surface area contributed by atoms with Crippen molar-refractivity contribution in [3.05, 3.63) is 47.2 Å². The van der Waals surface area contributed by atoms with E-state index in [1.54, 1.807) is 23.5 Å². The van der Waals surface area contributed by atoms with Gasteiger partial charge in [-0.25, -0.2) is 13.4 Å². The van der Waals surface area contributed by atoms with Crippen LogP contribution in [0.15, 0.2) is 38.6 Å². The topological polar surface area (TPSA) is 99.8 Å². The summed E-state index contributed by atoms with van der Waals surface area (Å²) < 4.78 is 33.4. The van der Waals surface area contributed by atoms with E-state index in [0.717, 1.165) is 30.7 Å². The highest BCUT2D eigenvalue weighted by atomic mass is 127. The van der Waals surface area contributed by atoms with E-state index in [9.17, 15) is 8.42 Å². The van der Waals surface area contributed by atoms with Gasteiger partial charge in [0.15, 0.2) is 5.96 Å². The molecular weight excluding hydrogens is 517 g/mol. The number of aromatic nitrogens is 1. The summed E-state index contributed by atoms with van der Waals surface area (Å²) in [6.07, 6.45) is 2.91. The van der Waals surface area contributed by atoms with E-state index >= 15 is 0 Å². The predicted octanol–water partition coefficient (Wildman–Crippen LogP) is 2.95. The van der Waals surface area contributed by atoms with Crippen LogP contribution in [-0.4, -0.2) is 43.8 Å². The number of oxazole rings is 1. The predicted molar refractivity (Wildman–Crippen MR) is 127 cm³/mol.